The number of rotatable bonds is 11. The Morgan fingerprint density at radius 3 is 2.21 bits per heavy atom. The van der Waals surface area contributed by atoms with Gasteiger partial charge >= 0.3 is 0 Å². The van der Waals surface area contributed by atoms with Gasteiger partial charge in [0.25, 0.3) is 0 Å². The van der Waals surface area contributed by atoms with Gasteiger partial charge in [-0.3, -0.25) is 0 Å². The fraction of sp³-hybridized carbons (Fsp3) is 0.282. The molecule has 1 aromatic heterocycles. The maximum atomic E-state index is 6.88. The topological polar surface area (TPSA) is 27.7 Å². The van der Waals surface area contributed by atoms with Crippen LogP contribution < -0.4 is 0 Å². The van der Waals surface area contributed by atoms with E-state index in [9.17, 15) is 0 Å². The van der Waals surface area contributed by atoms with Crippen molar-refractivity contribution < 1.29 is 14.2 Å². The lowest BCUT2D eigenvalue weighted by Crippen LogP contribution is -2.46. The van der Waals surface area contributed by atoms with Crippen molar-refractivity contribution in [2.75, 3.05) is 0 Å². The lowest BCUT2D eigenvalue weighted by Gasteiger charge is -2.42. The van der Waals surface area contributed by atoms with Crippen molar-refractivity contribution in [3.05, 3.63) is 148 Å². The third kappa shape index (κ3) is 7.00. The molecule has 0 radical (unpaired) electrons. The highest BCUT2D eigenvalue weighted by Crippen LogP contribution is 2.40. The molecule has 2 heterocycles. The van der Waals surface area contributed by atoms with Crippen molar-refractivity contribution in [3.8, 4) is 0 Å². The van der Waals surface area contributed by atoms with Gasteiger partial charge in [-0.15, -0.1) is 11.3 Å². The molecule has 5 aromatic rings. The lowest BCUT2D eigenvalue weighted by molar-refractivity contribution is -0.211. The van der Waals surface area contributed by atoms with Gasteiger partial charge in [-0.25, -0.2) is 0 Å². The maximum Gasteiger partial charge on any atom is 0.114 e. The Morgan fingerprint density at radius 2 is 1.53 bits per heavy atom. The molecule has 0 unspecified atom stereocenters. The molecule has 1 fully saturated rings. The number of aryl methyl sites for hydroxylation is 1. The molecule has 220 valence electrons. The van der Waals surface area contributed by atoms with Crippen LogP contribution in [0.15, 0.2) is 110 Å². The molecule has 4 atom stereocenters. The van der Waals surface area contributed by atoms with Crippen molar-refractivity contribution in [2.45, 2.75) is 70.7 Å². The number of ether oxygens (including phenoxy) is 3. The molecule has 6 rings (SSSR count). The van der Waals surface area contributed by atoms with Crippen LogP contribution in [0.3, 0.4) is 0 Å². The third-order valence-electron chi connectivity index (χ3n) is 8.44. The number of thiophene rings is 1. The van der Waals surface area contributed by atoms with Gasteiger partial charge < -0.3 is 14.2 Å². The molecular formula is C39H40O3S. The highest BCUT2D eigenvalue weighted by molar-refractivity contribution is 7.19. The molecule has 1 aliphatic rings. The predicted octanol–water partition coefficient (Wildman–Crippen LogP) is 9.85. The van der Waals surface area contributed by atoms with Crippen LogP contribution in [0.2, 0.25) is 0 Å². The molecule has 0 spiro atoms. The van der Waals surface area contributed by atoms with E-state index in [0.29, 0.717) is 13.2 Å². The Labute approximate surface area is 259 Å². The number of hydrogen-bond donors (Lipinski definition) is 0. The van der Waals surface area contributed by atoms with Crippen LogP contribution in [0.25, 0.3) is 16.2 Å². The van der Waals surface area contributed by atoms with Crippen LogP contribution in [0, 0.1) is 6.92 Å². The van der Waals surface area contributed by atoms with E-state index in [4.69, 9.17) is 14.2 Å². The fourth-order valence-corrected chi connectivity index (χ4v) is 7.19. The van der Waals surface area contributed by atoms with Crippen molar-refractivity contribution in [2.24, 2.45) is 0 Å². The van der Waals surface area contributed by atoms with Crippen LogP contribution in [-0.4, -0.2) is 18.3 Å². The second-order valence-electron chi connectivity index (χ2n) is 11.5. The molecule has 0 saturated carbocycles. The highest BCUT2D eigenvalue weighted by Gasteiger charge is 2.41. The van der Waals surface area contributed by atoms with Crippen molar-refractivity contribution in [1.29, 1.82) is 0 Å². The number of benzene rings is 4. The standard InChI is InChI=1S/C39H40O3S/c1-4-30-20-27(3)35(23-32(30)22-34-21-31-18-12-13-19-37(31)43-34)38-39(41-26-29-16-10-7-11-17-29)36(24-33(5-2)42-38)40-25-28-14-8-6-9-15-28/h4,6-21,23,33,36,38-39H,1,5,22,24-26H2,2-3H3/t33-,36+,38+,39-/m1/s1. The Morgan fingerprint density at radius 1 is 0.860 bits per heavy atom. The van der Waals surface area contributed by atoms with E-state index < -0.39 is 0 Å². The molecule has 0 bridgehead atoms. The summed E-state index contributed by atoms with van der Waals surface area (Å²) in [5.74, 6) is 0. The fourth-order valence-electron chi connectivity index (χ4n) is 6.10. The molecule has 4 heteroatoms. The molecule has 4 aromatic carbocycles. The summed E-state index contributed by atoms with van der Waals surface area (Å²) in [6, 6.07) is 36.3. The summed E-state index contributed by atoms with van der Waals surface area (Å²) < 4.78 is 21.7. The lowest BCUT2D eigenvalue weighted by atomic mass is 9.87. The smallest absolute Gasteiger partial charge is 0.114 e. The summed E-state index contributed by atoms with van der Waals surface area (Å²) in [6.45, 7) is 9.58. The molecule has 1 saturated heterocycles. The van der Waals surface area contributed by atoms with Crippen LogP contribution >= 0.6 is 11.3 Å². The van der Waals surface area contributed by atoms with E-state index in [1.165, 1.54) is 37.2 Å². The summed E-state index contributed by atoms with van der Waals surface area (Å²) in [5, 5.41) is 1.30. The average molecular weight is 589 g/mol. The summed E-state index contributed by atoms with van der Waals surface area (Å²) in [5.41, 5.74) is 7.09. The largest absolute Gasteiger partial charge is 0.371 e. The van der Waals surface area contributed by atoms with Gasteiger partial charge in [-0.05, 0) is 64.2 Å². The van der Waals surface area contributed by atoms with E-state index in [-0.39, 0.29) is 24.4 Å². The van der Waals surface area contributed by atoms with Gasteiger partial charge in [-0.1, -0.05) is 111 Å². The molecule has 3 nitrogen and oxygen atoms in total. The zero-order valence-corrected chi connectivity index (χ0v) is 25.9. The first kappa shape index (κ1) is 29.5. The first-order valence-corrected chi connectivity index (χ1v) is 16.1. The Balaban J connectivity index is 1.35. The van der Waals surface area contributed by atoms with Crippen molar-refractivity contribution >= 4 is 27.5 Å². The second kappa shape index (κ2) is 13.8. The second-order valence-corrected chi connectivity index (χ2v) is 12.6. The molecule has 1 aliphatic heterocycles. The molecule has 0 N–H and O–H groups in total. The van der Waals surface area contributed by atoms with Gasteiger partial charge in [0.1, 0.15) is 12.2 Å². The Bertz CT molecular complexity index is 1610. The first-order valence-electron chi connectivity index (χ1n) is 15.3. The molecular weight excluding hydrogens is 548 g/mol. The third-order valence-corrected chi connectivity index (χ3v) is 9.56. The Kier molecular flexibility index (Phi) is 9.50. The van der Waals surface area contributed by atoms with Crippen LogP contribution in [0.4, 0.5) is 0 Å². The Hall–Kier alpha value is -3.54. The zero-order valence-electron chi connectivity index (χ0n) is 25.1. The normalized spacial score (nSPS) is 20.3. The minimum absolute atomic E-state index is 0.0897. The monoisotopic (exact) mass is 588 g/mol. The summed E-state index contributed by atoms with van der Waals surface area (Å²) in [7, 11) is 0. The molecule has 0 amide bonds. The summed E-state index contributed by atoms with van der Waals surface area (Å²) >= 11 is 1.86. The maximum absolute atomic E-state index is 6.88. The number of hydrogen-bond acceptors (Lipinski definition) is 4. The van der Waals surface area contributed by atoms with Gasteiger partial charge in [0.2, 0.25) is 0 Å². The minimum atomic E-state index is -0.253. The van der Waals surface area contributed by atoms with E-state index in [1.54, 1.807) is 0 Å². The number of fused-ring (bicyclic) bond motifs is 1. The van der Waals surface area contributed by atoms with E-state index in [0.717, 1.165) is 30.4 Å². The average Bonchev–Trinajstić information content (AvgIpc) is 3.46. The van der Waals surface area contributed by atoms with Crippen molar-refractivity contribution in [3.63, 3.8) is 0 Å². The van der Waals surface area contributed by atoms with Crippen LogP contribution in [0.5, 0.6) is 0 Å². The SMILES string of the molecule is C=Cc1cc(C)c([C@@H]2O[C@H](CC)C[C@H](OCc3ccccc3)[C@H]2OCc2ccccc2)cc1Cc1cc2ccccc2s1. The van der Waals surface area contributed by atoms with Gasteiger partial charge in [0, 0.05) is 22.4 Å². The van der Waals surface area contributed by atoms with E-state index >= 15 is 0 Å². The van der Waals surface area contributed by atoms with Crippen LogP contribution in [-0.2, 0) is 33.8 Å². The van der Waals surface area contributed by atoms with Gasteiger partial charge in [0.15, 0.2) is 0 Å². The highest BCUT2D eigenvalue weighted by atomic mass is 32.1. The van der Waals surface area contributed by atoms with Gasteiger partial charge in [-0.2, -0.15) is 0 Å². The van der Waals surface area contributed by atoms with Crippen LogP contribution in [0.1, 0.15) is 64.1 Å². The van der Waals surface area contributed by atoms with Gasteiger partial charge in [0.05, 0.1) is 25.4 Å². The predicted molar refractivity (Wildman–Crippen MR) is 178 cm³/mol. The van der Waals surface area contributed by atoms with E-state index in [1.807, 2.05) is 29.5 Å². The summed E-state index contributed by atoms with van der Waals surface area (Å²) in [6.07, 6.45) is 4.04. The molecule has 0 aliphatic carbocycles. The van der Waals surface area contributed by atoms with Crippen molar-refractivity contribution in [1.82, 2.24) is 0 Å². The first-order chi connectivity index (χ1) is 21.1. The minimum Gasteiger partial charge on any atom is -0.371 e. The molecule has 43 heavy (non-hydrogen) atoms. The van der Waals surface area contributed by atoms with E-state index in [2.05, 4.69) is 111 Å². The summed E-state index contributed by atoms with van der Waals surface area (Å²) in [4.78, 5) is 1.34. The zero-order chi connectivity index (χ0) is 29.6. The quantitative estimate of drug-likeness (QED) is 0.154.